The summed E-state index contributed by atoms with van der Waals surface area (Å²) in [7, 11) is 0. The van der Waals surface area contributed by atoms with Crippen molar-refractivity contribution >= 4 is 28.5 Å². The molecule has 2 nitrogen and oxygen atoms in total. The maximum Gasteiger partial charge on any atom is 0.324 e. The molecule has 3 heteroatoms. The highest BCUT2D eigenvalue weighted by molar-refractivity contribution is 8.00. The van der Waals surface area contributed by atoms with Crippen LogP contribution in [0.2, 0.25) is 0 Å². The van der Waals surface area contributed by atoms with Gasteiger partial charge in [0.05, 0.1) is 0 Å². The third kappa shape index (κ3) is 1.91. The molecule has 1 N–H and O–H groups in total. The fraction of sp³-hybridized carbons (Fsp3) is 0.214. The molecule has 0 fully saturated rings. The van der Waals surface area contributed by atoms with Gasteiger partial charge in [-0.15, -0.1) is 11.8 Å². The molecule has 2 aromatic carbocycles. The van der Waals surface area contributed by atoms with E-state index in [0.29, 0.717) is 0 Å². The van der Waals surface area contributed by atoms with Gasteiger partial charge in [-0.25, -0.2) is 0 Å². The Kier molecular flexibility index (Phi) is 3.11. The zero-order chi connectivity index (χ0) is 12.5. The maximum atomic E-state index is 11.5. The van der Waals surface area contributed by atoms with Gasteiger partial charge in [0.1, 0.15) is 4.75 Å². The molecule has 1 unspecified atom stereocenters. The van der Waals surface area contributed by atoms with Crippen LogP contribution in [-0.2, 0) is 9.54 Å². The van der Waals surface area contributed by atoms with E-state index >= 15 is 0 Å². The minimum atomic E-state index is -0.902. The van der Waals surface area contributed by atoms with Gasteiger partial charge in [0.15, 0.2) is 0 Å². The normalized spacial score (nSPS) is 14.5. The van der Waals surface area contributed by atoms with Gasteiger partial charge in [0, 0.05) is 0 Å². The first kappa shape index (κ1) is 12.0. The highest BCUT2D eigenvalue weighted by Gasteiger charge is 2.35. The van der Waals surface area contributed by atoms with Crippen LogP contribution < -0.4 is 0 Å². The highest BCUT2D eigenvalue weighted by Crippen LogP contribution is 2.38. The van der Waals surface area contributed by atoms with Crippen molar-refractivity contribution in [3.63, 3.8) is 0 Å². The van der Waals surface area contributed by atoms with Crippen molar-refractivity contribution in [3.8, 4) is 0 Å². The summed E-state index contributed by atoms with van der Waals surface area (Å²) < 4.78 is -0.902. The first-order valence-electron chi connectivity index (χ1n) is 5.36. The third-order valence-corrected chi connectivity index (χ3v) is 4.33. The second-order valence-corrected chi connectivity index (χ2v) is 5.29. The minimum Gasteiger partial charge on any atom is -0.480 e. The second-order valence-electron chi connectivity index (χ2n) is 4.07. The quantitative estimate of drug-likeness (QED) is 0.900. The molecule has 0 radical (unpaired) electrons. The van der Waals surface area contributed by atoms with Crippen LogP contribution in [0.1, 0.15) is 12.5 Å². The highest BCUT2D eigenvalue weighted by atomic mass is 32.2. The molecule has 0 spiro atoms. The summed E-state index contributed by atoms with van der Waals surface area (Å²) in [6, 6.07) is 13.7. The summed E-state index contributed by atoms with van der Waals surface area (Å²) in [6.45, 7) is 1.75. The lowest BCUT2D eigenvalue weighted by molar-refractivity contribution is -0.139. The van der Waals surface area contributed by atoms with Crippen LogP contribution in [0, 0.1) is 0 Å². The molecular formula is C14H14O2S. The predicted molar refractivity (Wildman–Crippen MR) is 72.5 cm³/mol. The van der Waals surface area contributed by atoms with E-state index in [0.717, 1.165) is 16.3 Å². The van der Waals surface area contributed by atoms with E-state index in [1.807, 2.05) is 48.7 Å². The average Bonchev–Trinajstić information content (AvgIpc) is 2.37. The maximum absolute atomic E-state index is 11.5. The Morgan fingerprint density at radius 2 is 1.82 bits per heavy atom. The van der Waals surface area contributed by atoms with Crippen LogP contribution in [0.4, 0.5) is 0 Å². The van der Waals surface area contributed by atoms with E-state index < -0.39 is 10.7 Å². The molecule has 2 aromatic rings. The molecule has 0 bridgehead atoms. The fourth-order valence-electron chi connectivity index (χ4n) is 1.95. The number of carboxylic acid groups (broad SMARTS) is 1. The molecule has 0 saturated carbocycles. The van der Waals surface area contributed by atoms with E-state index in [9.17, 15) is 9.90 Å². The third-order valence-electron chi connectivity index (χ3n) is 3.12. The molecule has 17 heavy (non-hydrogen) atoms. The van der Waals surface area contributed by atoms with Gasteiger partial charge in [0.25, 0.3) is 0 Å². The molecule has 0 aliphatic carbocycles. The van der Waals surface area contributed by atoms with Gasteiger partial charge in [-0.1, -0.05) is 42.5 Å². The van der Waals surface area contributed by atoms with Crippen LogP contribution in [0.3, 0.4) is 0 Å². The second kappa shape index (κ2) is 4.41. The number of hydrogen-bond acceptors (Lipinski definition) is 2. The van der Waals surface area contributed by atoms with E-state index in [1.165, 1.54) is 11.8 Å². The monoisotopic (exact) mass is 246 g/mol. The minimum absolute atomic E-state index is 0.804. The Labute approximate surface area is 105 Å². The van der Waals surface area contributed by atoms with E-state index in [4.69, 9.17) is 0 Å². The van der Waals surface area contributed by atoms with Gasteiger partial charge >= 0.3 is 5.97 Å². The Hall–Kier alpha value is -1.48. The molecule has 0 aliphatic heterocycles. The van der Waals surface area contributed by atoms with Gasteiger partial charge in [0.2, 0.25) is 0 Å². The smallest absolute Gasteiger partial charge is 0.324 e. The molecular weight excluding hydrogens is 232 g/mol. The van der Waals surface area contributed by atoms with Crippen molar-refractivity contribution in [2.45, 2.75) is 11.7 Å². The van der Waals surface area contributed by atoms with Crippen LogP contribution in [-0.4, -0.2) is 17.3 Å². The lowest BCUT2D eigenvalue weighted by Crippen LogP contribution is -2.28. The molecule has 2 rings (SSSR count). The number of thioether (sulfide) groups is 1. The first-order valence-corrected chi connectivity index (χ1v) is 6.59. The summed E-state index contributed by atoms with van der Waals surface area (Å²) in [5.74, 6) is -0.804. The van der Waals surface area contributed by atoms with Crippen LogP contribution >= 0.6 is 11.8 Å². The van der Waals surface area contributed by atoms with Crippen molar-refractivity contribution in [2.24, 2.45) is 0 Å². The summed E-state index contributed by atoms with van der Waals surface area (Å²) in [4.78, 5) is 11.5. The average molecular weight is 246 g/mol. The molecule has 0 aliphatic rings. The number of carboxylic acids is 1. The van der Waals surface area contributed by atoms with Crippen LogP contribution in [0.5, 0.6) is 0 Å². The number of hydrogen-bond donors (Lipinski definition) is 1. The van der Waals surface area contributed by atoms with Gasteiger partial charge in [-0.05, 0) is 29.5 Å². The van der Waals surface area contributed by atoms with E-state index in [-0.39, 0.29) is 0 Å². The Balaban J connectivity index is 2.74. The van der Waals surface area contributed by atoms with Crippen LogP contribution in [0.25, 0.3) is 10.8 Å². The van der Waals surface area contributed by atoms with Crippen molar-refractivity contribution in [1.82, 2.24) is 0 Å². The Morgan fingerprint density at radius 3 is 2.47 bits per heavy atom. The number of rotatable bonds is 3. The summed E-state index contributed by atoms with van der Waals surface area (Å²) in [5.41, 5.74) is 0.857. The molecule has 88 valence electrons. The van der Waals surface area contributed by atoms with Gasteiger partial charge in [-0.3, -0.25) is 4.79 Å². The van der Waals surface area contributed by atoms with Crippen molar-refractivity contribution < 1.29 is 9.90 Å². The van der Waals surface area contributed by atoms with Gasteiger partial charge < -0.3 is 5.11 Å². The molecule has 0 saturated heterocycles. The summed E-state index contributed by atoms with van der Waals surface area (Å²) in [6.07, 6.45) is 1.83. The van der Waals surface area contributed by atoms with Crippen molar-refractivity contribution in [3.05, 3.63) is 48.0 Å². The van der Waals surface area contributed by atoms with E-state index in [1.54, 1.807) is 6.92 Å². The number of carbonyl (C=O) groups is 1. The fourth-order valence-corrected chi connectivity index (χ4v) is 2.53. The van der Waals surface area contributed by atoms with Crippen LogP contribution in [0.15, 0.2) is 42.5 Å². The lowest BCUT2D eigenvalue weighted by Gasteiger charge is -2.24. The summed E-state index contributed by atoms with van der Waals surface area (Å²) >= 11 is 1.35. The SMILES string of the molecule is CSC(C)(C(=O)O)c1cccc2ccccc12. The first-order chi connectivity index (χ1) is 8.09. The topological polar surface area (TPSA) is 37.3 Å². The number of aliphatic carboxylic acids is 1. The predicted octanol–water partition coefficient (Wildman–Crippen LogP) is 3.50. The van der Waals surface area contributed by atoms with Crippen molar-refractivity contribution in [2.75, 3.05) is 6.26 Å². The summed E-state index contributed by atoms with van der Waals surface area (Å²) in [5, 5.41) is 11.5. The lowest BCUT2D eigenvalue weighted by atomic mass is 9.94. The molecule has 0 amide bonds. The standard InChI is InChI=1S/C14H14O2S/c1-14(17-2,13(15)16)12-9-5-7-10-6-3-4-8-11(10)12/h3-9H,1-2H3,(H,15,16). The van der Waals surface area contributed by atoms with E-state index in [2.05, 4.69) is 0 Å². The number of fused-ring (bicyclic) bond motifs is 1. The number of benzene rings is 2. The largest absolute Gasteiger partial charge is 0.480 e. The Bertz CT molecular complexity index is 560. The zero-order valence-electron chi connectivity index (χ0n) is 9.81. The molecule has 1 atom stereocenters. The molecule has 0 heterocycles. The Morgan fingerprint density at radius 1 is 1.18 bits per heavy atom. The van der Waals surface area contributed by atoms with Crippen molar-refractivity contribution in [1.29, 1.82) is 0 Å². The van der Waals surface area contributed by atoms with Gasteiger partial charge in [-0.2, -0.15) is 0 Å². The zero-order valence-corrected chi connectivity index (χ0v) is 10.6. The molecule has 0 aromatic heterocycles.